The number of nitrogens with one attached hydrogen (secondary N) is 1. The van der Waals surface area contributed by atoms with Crippen LogP contribution in [0.3, 0.4) is 0 Å². The maximum absolute atomic E-state index is 5.74. The highest BCUT2D eigenvalue weighted by Gasteiger charge is 2.21. The van der Waals surface area contributed by atoms with Crippen molar-refractivity contribution in [1.29, 1.82) is 0 Å². The van der Waals surface area contributed by atoms with Gasteiger partial charge >= 0.3 is 0 Å². The van der Waals surface area contributed by atoms with Crippen LogP contribution >= 0.6 is 0 Å². The number of rotatable bonds is 6. The molecule has 20 heavy (non-hydrogen) atoms. The average Bonchev–Trinajstić information content (AvgIpc) is 3.16. The fourth-order valence-corrected chi connectivity index (χ4v) is 3.19. The zero-order chi connectivity index (χ0) is 13.6. The van der Waals surface area contributed by atoms with Crippen LogP contribution in [0.1, 0.15) is 56.2 Å². The molecule has 1 saturated heterocycles. The number of hydrogen-bond donors (Lipinski definition) is 1. The van der Waals surface area contributed by atoms with Crippen LogP contribution in [0.25, 0.3) is 0 Å². The molecule has 1 atom stereocenters. The fourth-order valence-electron chi connectivity index (χ4n) is 3.19. The quantitative estimate of drug-likeness (QED) is 0.810. The molecule has 1 aliphatic carbocycles. The van der Waals surface area contributed by atoms with E-state index in [0.717, 1.165) is 50.2 Å². The molecule has 3 rings (SSSR count). The predicted octanol–water partition coefficient (Wildman–Crippen LogP) is 2.29. The first kappa shape index (κ1) is 14.0. The Bertz CT molecular complexity index is 396. The Morgan fingerprint density at radius 2 is 2.10 bits per heavy atom. The van der Waals surface area contributed by atoms with Gasteiger partial charge in [0.2, 0.25) is 5.89 Å². The van der Waals surface area contributed by atoms with Crippen molar-refractivity contribution in [2.24, 2.45) is 5.92 Å². The zero-order valence-electron chi connectivity index (χ0n) is 12.1. The smallest absolute Gasteiger partial charge is 0.231 e. The van der Waals surface area contributed by atoms with Gasteiger partial charge in [-0.1, -0.05) is 18.0 Å². The Morgan fingerprint density at radius 1 is 1.20 bits per heavy atom. The van der Waals surface area contributed by atoms with Crippen molar-refractivity contribution in [3.8, 4) is 0 Å². The first-order valence-corrected chi connectivity index (χ1v) is 8.03. The number of nitrogens with zero attached hydrogens (tertiary/aromatic N) is 2. The highest BCUT2D eigenvalue weighted by molar-refractivity contribution is 4.96. The Labute approximate surface area is 120 Å². The molecule has 1 aromatic heterocycles. The van der Waals surface area contributed by atoms with E-state index in [9.17, 15) is 0 Å². The molecule has 1 aliphatic heterocycles. The molecule has 112 valence electrons. The summed E-state index contributed by atoms with van der Waals surface area (Å²) in [5, 5.41) is 7.44. The second-order valence-electron chi connectivity index (χ2n) is 6.07. The summed E-state index contributed by atoms with van der Waals surface area (Å²) in [7, 11) is 0. The van der Waals surface area contributed by atoms with E-state index in [1.165, 1.54) is 32.1 Å². The van der Waals surface area contributed by atoms with Gasteiger partial charge in [-0.2, -0.15) is 4.98 Å². The maximum atomic E-state index is 5.74. The fraction of sp³-hybridized carbons (Fsp3) is 0.867. The maximum Gasteiger partial charge on any atom is 0.231 e. The van der Waals surface area contributed by atoms with Crippen LogP contribution in [0.2, 0.25) is 0 Å². The van der Waals surface area contributed by atoms with E-state index < -0.39 is 0 Å². The number of hydrogen-bond acceptors (Lipinski definition) is 5. The molecule has 0 radical (unpaired) electrons. The average molecular weight is 279 g/mol. The standard InChI is InChI=1S/C15H25N3O2/c1-2-5-12(4-1)11-19-9-7-14-17-15(20-18-14)13-6-3-8-16-10-13/h12-13,16H,1-11H2/t13-/m0/s1. The lowest BCUT2D eigenvalue weighted by atomic mass is 10.00. The molecule has 5 heteroatoms. The largest absolute Gasteiger partial charge is 0.381 e. The van der Waals surface area contributed by atoms with Crippen molar-refractivity contribution in [1.82, 2.24) is 15.5 Å². The second-order valence-corrected chi connectivity index (χ2v) is 6.07. The summed E-state index contributed by atoms with van der Waals surface area (Å²) in [6.07, 6.45) is 8.51. The minimum atomic E-state index is 0.393. The monoisotopic (exact) mass is 279 g/mol. The Morgan fingerprint density at radius 3 is 2.90 bits per heavy atom. The summed E-state index contributed by atoms with van der Waals surface area (Å²) in [5.74, 6) is 2.76. The van der Waals surface area contributed by atoms with Crippen LogP contribution in [0.15, 0.2) is 4.52 Å². The first-order chi connectivity index (χ1) is 9.92. The van der Waals surface area contributed by atoms with Crippen molar-refractivity contribution in [2.45, 2.75) is 50.9 Å². The molecule has 2 fully saturated rings. The Kier molecular flexibility index (Phi) is 5.03. The summed E-state index contributed by atoms with van der Waals surface area (Å²) >= 11 is 0. The Hall–Kier alpha value is -0.940. The van der Waals surface area contributed by atoms with Crippen LogP contribution in [-0.4, -0.2) is 36.4 Å². The van der Waals surface area contributed by atoms with Gasteiger partial charge < -0.3 is 14.6 Å². The first-order valence-electron chi connectivity index (χ1n) is 8.03. The van der Waals surface area contributed by atoms with Crippen LogP contribution in [0, 0.1) is 5.92 Å². The molecule has 1 aromatic rings. The highest BCUT2D eigenvalue weighted by Crippen LogP contribution is 2.24. The molecule has 0 bridgehead atoms. The number of aromatic nitrogens is 2. The van der Waals surface area contributed by atoms with Crippen molar-refractivity contribution in [3.05, 3.63) is 11.7 Å². The molecule has 0 unspecified atom stereocenters. The molecule has 0 spiro atoms. The summed E-state index contributed by atoms with van der Waals surface area (Å²) in [5.41, 5.74) is 0. The van der Waals surface area contributed by atoms with E-state index in [1.807, 2.05) is 0 Å². The molecule has 1 N–H and O–H groups in total. The molecule has 0 amide bonds. The van der Waals surface area contributed by atoms with E-state index >= 15 is 0 Å². The van der Waals surface area contributed by atoms with Gasteiger partial charge in [-0.3, -0.25) is 0 Å². The Balaban J connectivity index is 1.38. The van der Waals surface area contributed by atoms with Gasteiger partial charge in [0.25, 0.3) is 0 Å². The van der Waals surface area contributed by atoms with Crippen molar-refractivity contribution in [3.63, 3.8) is 0 Å². The van der Waals surface area contributed by atoms with Gasteiger partial charge in [-0.05, 0) is 38.1 Å². The van der Waals surface area contributed by atoms with Crippen LogP contribution in [0.5, 0.6) is 0 Å². The van der Waals surface area contributed by atoms with Crippen molar-refractivity contribution in [2.75, 3.05) is 26.3 Å². The number of ether oxygens (including phenoxy) is 1. The van der Waals surface area contributed by atoms with Gasteiger partial charge in [0, 0.05) is 19.6 Å². The van der Waals surface area contributed by atoms with E-state index in [4.69, 9.17) is 9.26 Å². The summed E-state index contributed by atoms with van der Waals surface area (Å²) in [6.45, 7) is 3.67. The van der Waals surface area contributed by atoms with Gasteiger partial charge in [0.15, 0.2) is 5.82 Å². The molecule has 5 nitrogen and oxygen atoms in total. The predicted molar refractivity (Wildman–Crippen MR) is 75.6 cm³/mol. The summed E-state index contributed by atoms with van der Waals surface area (Å²) < 4.78 is 11.1. The van der Waals surface area contributed by atoms with Crippen LogP contribution in [0.4, 0.5) is 0 Å². The van der Waals surface area contributed by atoms with E-state index in [0.29, 0.717) is 12.5 Å². The third-order valence-electron chi connectivity index (χ3n) is 4.43. The molecular weight excluding hydrogens is 254 g/mol. The number of piperidine rings is 1. The zero-order valence-corrected chi connectivity index (χ0v) is 12.1. The molecule has 0 aromatic carbocycles. The molecule has 2 aliphatic rings. The van der Waals surface area contributed by atoms with E-state index in [-0.39, 0.29) is 0 Å². The third kappa shape index (κ3) is 3.79. The normalized spacial score (nSPS) is 24.3. The second kappa shape index (κ2) is 7.18. The van der Waals surface area contributed by atoms with Crippen molar-refractivity contribution >= 4 is 0 Å². The molecule has 2 heterocycles. The van der Waals surface area contributed by atoms with Gasteiger partial charge in [-0.15, -0.1) is 0 Å². The summed E-state index contributed by atoms with van der Waals surface area (Å²) in [6, 6.07) is 0. The molecular formula is C15H25N3O2. The molecule has 1 saturated carbocycles. The van der Waals surface area contributed by atoms with E-state index in [2.05, 4.69) is 15.5 Å². The SMILES string of the molecule is C1CCC(COCCc2noc([C@H]3CCCNC3)n2)C1. The summed E-state index contributed by atoms with van der Waals surface area (Å²) in [4.78, 5) is 4.51. The topological polar surface area (TPSA) is 60.2 Å². The lowest BCUT2D eigenvalue weighted by Gasteiger charge is -2.18. The highest BCUT2D eigenvalue weighted by atomic mass is 16.5. The van der Waals surface area contributed by atoms with E-state index in [1.54, 1.807) is 0 Å². The van der Waals surface area contributed by atoms with Crippen LogP contribution < -0.4 is 5.32 Å². The van der Waals surface area contributed by atoms with Gasteiger partial charge in [-0.25, -0.2) is 0 Å². The minimum Gasteiger partial charge on any atom is -0.381 e. The van der Waals surface area contributed by atoms with Crippen molar-refractivity contribution < 1.29 is 9.26 Å². The van der Waals surface area contributed by atoms with Gasteiger partial charge in [0.1, 0.15) is 0 Å². The lowest BCUT2D eigenvalue weighted by molar-refractivity contribution is 0.102. The lowest BCUT2D eigenvalue weighted by Crippen LogP contribution is -2.28. The van der Waals surface area contributed by atoms with Gasteiger partial charge in [0.05, 0.1) is 12.5 Å². The minimum absolute atomic E-state index is 0.393. The van der Waals surface area contributed by atoms with Crippen LogP contribution in [-0.2, 0) is 11.2 Å². The third-order valence-corrected chi connectivity index (χ3v) is 4.43.